The first-order chi connectivity index (χ1) is 13.1. The predicted octanol–water partition coefficient (Wildman–Crippen LogP) is 3.83. The summed E-state index contributed by atoms with van der Waals surface area (Å²) in [7, 11) is 1.91. The summed E-state index contributed by atoms with van der Waals surface area (Å²) >= 11 is 3.08. The number of nitrogens with zero attached hydrogens (tertiary/aromatic N) is 3. The third-order valence-electron chi connectivity index (χ3n) is 5.70. The van der Waals surface area contributed by atoms with E-state index >= 15 is 0 Å². The summed E-state index contributed by atoms with van der Waals surface area (Å²) in [6.45, 7) is 0.0634. The first-order valence-electron chi connectivity index (χ1n) is 9.39. The van der Waals surface area contributed by atoms with Crippen molar-refractivity contribution in [1.82, 2.24) is 14.5 Å². The van der Waals surface area contributed by atoms with Crippen molar-refractivity contribution in [1.29, 1.82) is 0 Å². The Hall–Kier alpha value is -1.99. The largest absolute Gasteiger partial charge is 0.341 e. The maximum absolute atomic E-state index is 13.1. The molecular weight excluding hydrogens is 378 g/mol. The molecule has 3 aromatic rings. The van der Waals surface area contributed by atoms with Crippen molar-refractivity contribution in [2.75, 3.05) is 7.05 Å². The van der Waals surface area contributed by atoms with Crippen LogP contribution in [-0.4, -0.2) is 33.4 Å². The minimum atomic E-state index is -0.124. The molecule has 0 saturated heterocycles. The van der Waals surface area contributed by atoms with Crippen LogP contribution in [0.2, 0.25) is 0 Å². The van der Waals surface area contributed by atoms with Gasteiger partial charge in [0.1, 0.15) is 11.4 Å². The van der Waals surface area contributed by atoms with E-state index in [1.165, 1.54) is 47.9 Å². The Balaban J connectivity index is 1.45. The van der Waals surface area contributed by atoms with Crippen LogP contribution >= 0.6 is 22.7 Å². The fraction of sp³-hybridized carbons (Fsp3) is 0.450. The van der Waals surface area contributed by atoms with E-state index in [1.54, 1.807) is 11.3 Å². The Bertz CT molecular complexity index is 1030. The van der Waals surface area contributed by atoms with Crippen molar-refractivity contribution in [3.05, 3.63) is 39.6 Å². The third kappa shape index (κ3) is 3.12. The molecule has 3 aromatic heterocycles. The molecule has 5 rings (SSSR count). The van der Waals surface area contributed by atoms with Crippen LogP contribution in [0.3, 0.4) is 0 Å². The van der Waals surface area contributed by atoms with Gasteiger partial charge in [-0.25, -0.2) is 4.98 Å². The molecule has 27 heavy (non-hydrogen) atoms. The van der Waals surface area contributed by atoms with Gasteiger partial charge in [0.15, 0.2) is 0 Å². The number of carbonyl (C=O) groups excluding carboxylic acids is 1. The molecule has 140 valence electrons. The second kappa shape index (κ2) is 6.56. The minimum Gasteiger partial charge on any atom is -0.341 e. The molecule has 0 unspecified atom stereocenters. The lowest BCUT2D eigenvalue weighted by molar-refractivity contribution is -0.133. The summed E-state index contributed by atoms with van der Waals surface area (Å²) in [4.78, 5) is 34.1. The lowest BCUT2D eigenvalue weighted by Crippen LogP contribution is -2.42. The molecule has 2 saturated carbocycles. The fourth-order valence-electron chi connectivity index (χ4n) is 4.01. The van der Waals surface area contributed by atoms with Gasteiger partial charge >= 0.3 is 0 Å². The minimum absolute atomic E-state index is 0.00922. The number of likely N-dealkylation sites (N-methyl/N-ethyl adjacent to an activating group) is 1. The molecule has 2 aliphatic carbocycles. The van der Waals surface area contributed by atoms with Crippen molar-refractivity contribution in [3.8, 4) is 10.4 Å². The number of carbonyl (C=O) groups is 1. The molecule has 0 N–H and O–H groups in total. The Morgan fingerprint density at radius 3 is 2.67 bits per heavy atom. The normalized spacial score (nSPS) is 17.0. The monoisotopic (exact) mass is 399 g/mol. The number of thiophene rings is 2. The number of hydrogen-bond acceptors (Lipinski definition) is 5. The van der Waals surface area contributed by atoms with Crippen LogP contribution in [0.25, 0.3) is 20.7 Å². The summed E-state index contributed by atoms with van der Waals surface area (Å²) in [6.07, 6.45) is 6.43. The quantitative estimate of drug-likeness (QED) is 0.633. The van der Waals surface area contributed by atoms with Crippen LogP contribution in [-0.2, 0) is 11.3 Å². The fourth-order valence-corrected chi connectivity index (χ4v) is 5.73. The highest BCUT2D eigenvalue weighted by Gasteiger charge is 2.44. The first-order valence-corrected chi connectivity index (χ1v) is 11.2. The molecule has 0 atom stereocenters. The van der Waals surface area contributed by atoms with Crippen molar-refractivity contribution in [2.45, 2.75) is 38.3 Å². The van der Waals surface area contributed by atoms with Crippen molar-refractivity contribution >= 4 is 38.8 Å². The summed E-state index contributed by atoms with van der Waals surface area (Å²) in [5.41, 5.74) is 0.798. The van der Waals surface area contributed by atoms with Crippen molar-refractivity contribution < 1.29 is 4.79 Å². The zero-order valence-electron chi connectivity index (χ0n) is 15.1. The second-order valence-electron chi connectivity index (χ2n) is 7.65. The number of aromatic nitrogens is 2. The Morgan fingerprint density at radius 2 is 2.04 bits per heavy atom. The summed E-state index contributed by atoms with van der Waals surface area (Å²) < 4.78 is 1.47. The van der Waals surface area contributed by atoms with E-state index in [2.05, 4.69) is 4.98 Å². The Morgan fingerprint density at radius 1 is 1.30 bits per heavy atom. The van der Waals surface area contributed by atoms with Crippen LogP contribution in [0, 0.1) is 11.8 Å². The molecule has 7 heteroatoms. The number of hydrogen-bond donors (Lipinski definition) is 0. The molecule has 5 nitrogen and oxygen atoms in total. The molecule has 1 amide bonds. The van der Waals surface area contributed by atoms with Gasteiger partial charge in [-0.15, -0.1) is 22.7 Å². The maximum Gasteiger partial charge on any atom is 0.263 e. The van der Waals surface area contributed by atoms with Gasteiger partial charge in [-0.3, -0.25) is 14.2 Å². The standard InChI is InChI=1S/C20H21N3O2S2/c1-22(18(12-4-5-12)13-6-7-13)16(24)9-23-11-21-19-17(20(23)25)14(10-27-19)15-3-2-8-26-15/h2-3,8,10-13,18H,4-7,9H2,1H3. The lowest BCUT2D eigenvalue weighted by Gasteiger charge is -2.28. The second-order valence-corrected chi connectivity index (χ2v) is 9.46. The van der Waals surface area contributed by atoms with Crippen LogP contribution in [0.15, 0.2) is 34.0 Å². The van der Waals surface area contributed by atoms with E-state index in [9.17, 15) is 9.59 Å². The van der Waals surface area contributed by atoms with E-state index in [0.29, 0.717) is 23.3 Å². The number of amides is 1. The average Bonchev–Trinajstić information content (AvgIpc) is 3.57. The molecule has 0 aromatic carbocycles. The smallest absolute Gasteiger partial charge is 0.263 e. The van der Waals surface area contributed by atoms with E-state index in [1.807, 2.05) is 34.8 Å². The predicted molar refractivity (Wildman–Crippen MR) is 109 cm³/mol. The van der Waals surface area contributed by atoms with Crippen molar-refractivity contribution in [2.24, 2.45) is 11.8 Å². The first kappa shape index (κ1) is 17.1. The van der Waals surface area contributed by atoms with Crippen LogP contribution in [0.5, 0.6) is 0 Å². The third-order valence-corrected chi connectivity index (χ3v) is 7.49. The zero-order valence-corrected chi connectivity index (χ0v) is 16.8. The molecule has 3 heterocycles. The van der Waals surface area contributed by atoms with Gasteiger partial charge in [0.25, 0.3) is 5.56 Å². The SMILES string of the molecule is CN(C(=O)Cn1cnc2scc(-c3cccs3)c2c1=O)C(C1CC1)C1CC1. The van der Waals surface area contributed by atoms with Crippen LogP contribution in [0.4, 0.5) is 0 Å². The van der Waals surface area contributed by atoms with Gasteiger partial charge in [0.2, 0.25) is 5.91 Å². The van der Waals surface area contributed by atoms with Crippen molar-refractivity contribution in [3.63, 3.8) is 0 Å². The van der Waals surface area contributed by atoms with Gasteiger partial charge < -0.3 is 4.90 Å². The topological polar surface area (TPSA) is 55.2 Å². The molecule has 0 aliphatic heterocycles. The van der Waals surface area contributed by atoms with Crippen LogP contribution < -0.4 is 5.56 Å². The van der Waals surface area contributed by atoms with Gasteiger partial charge in [-0.05, 0) is 49.0 Å². The molecule has 2 aliphatic rings. The summed E-state index contributed by atoms with van der Waals surface area (Å²) in [5.74, 6) is 1.33. The average molecular weight is 400 g/mol. The maximum atomic E-state index is 13.1. The summed E-state index contributed by atoms with van der Waals surface area (Å²) in [6, 6.07) is 4.34. The van der Waals surface area contributed by atoms with E-state index in [4.69, 9.17) is 0 Å². The highest BCUT2D eigenvalue weighted by molar-refractivity contribution is 7.18. The van der Waals surface area contributed by atoms with Gasteiger partial charge in [0.05, 0.1) is 11.7 Å². The number of fused-ring (bicyclic) bond motifs is 1. The molecule has 0 radical (unpaired) electrons. The molecular formula is C20H21N3O2S2. The van der Waals surface area contributed by atoms with Gasteiger partial charge in [0, 0.05) is 28.9 Å². The van der Waals surface area contributed by atoms with E-state index < -0.39 is 0 Å². The van der Waals surface area contributed by atoms with E-state index in [0.717, 1.165) is 15.3 Å². The highest BCUT2D eigenvalue weighted by Crippen LogP contribution is 2.46. The molecule has 0 spiro atoms. The summed E-state index contributed by atoms with van der Waals surface area (Å²) in [5, 5.41) is 4.61. The highest BCUT2D eigenvalue weighted by atomic mass is 32.1. The zero-order chi connectivity index (χ0) is 18.5. The molecule has 0 bridgehead atoms. The van der Waals surface area contributed by atoms with Gasteiger partial charge in [-0.2, -0.15) is 0 Å². The number of rotatable bonds is 6. The van der Waals surface area contributed by atoms with Crippen LogP contribution in [0.1, 0.15) is 25.7 Å². The Kier molecular flexibility index (Phi) is 4.16. The van der Waals surface area contributed by atoms with E-state index in [-0.39, 0.29) is 18.0 Å². The Labute approximate surface area is 165 Å². The van der Waals surface area contributed by atoms with Gasteiger partial charge in [-0.1, -0.05) is 6.07 Å². The lowest BCUT2D eigenvalue weighted by atomic mass is 10.1. The molecule has 2 fully saturated rings.